The van der Waals surface area contributed by atoms with Crippen LogP contribution in [0.1, 0.15) is 25.0 Å². The molecule has 0 amide bonds. The van der Waals surface area contributed by atoms with Gasteiger partial charge in [0, 0.05) is 25.7 Å². The standard InChI is InChI=1S/C20H25FN2O2S/c1-15(2)20(23-11-10-16-6-3-4-7-17(16)14-23)13-22-26(24,25)19-9-5-8-18(21)12-19/h3-9,12,15,20,22H,10-11,13-14H2,1-2H3/t20-/m0/s1. The van der Waals surface area contributed by atoms with E-state index in [0.29, 0.717) is 6.54 Å². The van der Waals surface area contributed by atoms with Crippen molar-refractivity contribution >= 4 is 10.0 Å². The Morgan fingerprint density at radius 2 is 1.85 bits per heavy atom. The van der Waals surface area contributed by atoms with E-state index in [1.807, 2.05) is 6.07 Å². The van der Waals surface area contributed by atoms with E-state index in [0.717, 1.165) is 25.6 Å². The highest BCUT2D eigenvalue weighted by molar-refractivity contribution is 7.89. The molecule has 0 bridgehead atoms. The van der Waals surface area contributed by atoms with Gasteiger partial charge in [-0.15, -0.1) is 0 Å². The van der Waals surface area contributed by atoms with Gasteiger partial charge in [-0.25, -0.2) is 17.5 Å². The fourth-order valence-electron chi connectivity index (χ4n) is 3.50. The Bertz CT molecular complexity index is 868. The minimum atomic E-state index is -3.73. The lowest BCUT2D eigenvalue weighted by molar-refractivity contribution is 0.141. The summed E-state index contributed by atoms with van der Waals surface area (Å²) in [7, 11) is -3.73. The maximum Gasteiger partial charge on any atom is 0.240 e. The lowest BCUT2D eigenvalue weighted by Gasteiger charge is -2.38. The van der Waals surface area contributed by atoms with Gasteiger partial charge in [0.25, 0.3) is 0 Å². The van der Waals surface area contributed by atoms with E-state index < -0.39 is 15.8 Å². The number of nitrogens with zero attached hydrogens (tertiary/aromatic N) is 1. The van der Waals surface area contributed by atoms with Crippen molar-refractivity contribution < 1.29 is 12.8 Å². The Morgan fingerprint density at radius 3 is 2.54 bits per heavy atom. The molecule has 0 spiro atoms. The van der Waals surface area contributed by atoms with E-state index >= 15 is 0 Å². The molecule has 2 aromatic rings. The smallest absolute Gasteiger partial charge is 0.240 e. The van der Waals surface area contributed by atoms with Crippen LogP contribution in [0.15, 0.2) is 53.4 Å². The van der Waals surface area contributed by atoms with Crippen molar-refractivity contribution in [2.75, 3.05) is 13.1 Å². The van der Waals surface area contributed by atoms with Crippen LogP contribution < -0.4 is 4.72 Å². The molecule has 0 unspecified atom stereocenters. The highest BCUT2D eigenvalue weighted by Gasteiger charge is 2.27. The quantitative estimate of drug-likeness (QED) is 0.842. The molecule has 26 heavy (non-hydrogen) atoms. The molecule has 140 valence electrons. The third-order valence-corrected chi connectivity index (χ3v) is 6.41. The fourth-order valence-corrected chi connectivity index (χ4v) is 4.58. The fraction of sp³-hybridized carbons (Fsp3) is 0.400. The van der Waals surface area contributed by atoms with Gasteiger partial charge in [-0.2, -0.15) is 0 Å². The van der Waals surface area contributed by atoms with Crippen molar-refractivity contribution in [2.24, 2.45) is 5.92 Å². The Kier molecular flexibility index (Phi) is 5.75. The zero-order valence-electron chi connectivity index (χ0n) is 15.2. The third kappa shape index (κ3) is 4.31. The molecule has 1 aliphatic heterocycles. The molecular formula is C20H25FN2O2S. The maximum atomic E-state index is 13.4. The predicted molar refractivity (Wildman–Crippen MR) is 101 cm³/mol. The number of hydrogen-bond acceptors (Lipinski definition) is 3. The molecule has 4 nitrogen and oxygen atoms in total. The molecular weight excluding hydrogens is 351 g/mol. The van der Waals surface area contributed by atoms with Crippen LogP contribution in [0.4, 0.5) is 4.39 Å². The second-order valence-corrected chi connectivity index (χ2v) is 8.88. The first kappa shape index (κ1) is 19.0. The van der Waals surface area contributed by atoms with Gasteiger partial charge < -0.3 is 0 Å². The number of nitrogens with one attached hydrogen (secondary N) is 1. The van der Waals surface area contributed by atoms with Gasteiger partial charge in [0.15, 0.2) is 0 Å². The normalized spacial score (nSPS) is 16.5. The van der Waals surface area contributed by atoms with Crippen LogP contribution >= 0.6 is 0 Å². The van der Waals surface area contributed by atoms with E-state index in [2.05, 4.69) is 41.7 Å². The predicted octanol–water partition coefficient (Wildman–Crippen LogP) is 3.19. The number of rotatable bonds is 6. The molecule has 1 aliphatic rings. The topological polar surface area (TPSA) is 49.4 Å². The minimum Gasteiger partial charge on any atom is -0.294 e. The van der Waals surface area contributed by atoms with E-state index in [1.165, 1.54) is 29.3 Å². The molecule has 6 heteroatoms. The molecule has 0 aliphatic carbocycles. The van der Waals surface area contributed by atoms with Crippen LogP contribution in [0, 0.1) is 11.7 Å². The molecule has 0 aromatic heterocycles. The van der Waals surface area contributed by atoms with E-state index in [9.17, 15) is 12.8 Å². The van der Waals surface area contributed by atoms with Crippen LogP contribution in [-0.2, 0) is 23.0 Å². The molecule has 0 saturated carbocycles. The van der Waals surface area contributed by atoms with E-state index in [-0.39, 0.29) is 16.9 Å². The summed E-state index contributed by atoms with van der Waals surface area (Å²) < 4.78 is 41.0. The SMILES string of the molecule is CC(C)[C@H](CNS(=O)(=O)c1cccc(F)c1)N1CCc2ccccc2C1. The monoisotopic (exact) mass is 376 g/mol. The lowest BCUT2D eigenvalue weighted by atomic mass is 9.95. The summed E-state index contributed by atoms with van der Waals surface area (Å²) in [4.78, 5) is 2.30. The Hall–Kier alpha value is -1.76. The molecule has 0 radical (unpaired) electrons. The molecule has 1 N–H and O–H groups in total. The van der Waals surface area contributed by atoms with Crippen LogP contribution in [0.5, 0.6) is 0 Å². The zero-order chi connectivity index (χ0) is 18.7. The number of halogens is 1. The average Bonchev–Trinajstić information content (AvgIpc) is 2.61. The van der Waals surface area contributed by atoms with Gasteiger partial charge in [0.2, 0.25) is 10.0 Å². The number of fused-ring (bicyclic) bond motifs is 1. The second kappa shape index (κ2) is 7.86. The summed E-state index contributed by atoms with van der Waals surface area (Å²) in [5.41, 5.74) is 2.67. The van der Waals surface area contributed by atoms with Gasteiger partial charge in [0.05, 0.1) is 4.90 Å². The van der Waals surface area contributed by atoms with Crippen molar-refractivity contribution in [1.82, 2.24) is 9.62 Å². The van der Waals surface area contributed by atoms with Crippen molar-refractivity contribution in [3.8, 4) is 0 Å². The third-order valence-electron chi connectivity index (χ3n) is 4.99. The molecule has 0 saturated heterocycles. The van der Waals surface area contributed by atoms with Crippen LogP contribution in [-0.4, -0.2) is 32.4 Å². The summed E-state index contributed by atoms with van der Waals surface area (Å²) in [5, 5.41) is 0. The van der Waals surface area contributed by atoms with Gasteiger partial charge >= 0.3 is 0 Å². The highest BCUT2D eigenvalue weighted by Crippen LogP contribution is 2.23. The first-order valence-corrected chi connectivity index (χ1v) is 10.4. The van der Waals surface area contributed by atoms with Gasteiger partial charge in [-0.1, -0.05) is 44.2 Å². The maximum absolute atomic E-state index is 13.4. The first-order valence-electron chi connectivity index (χ1n) is 8.93. The Labute approximate surface area is 155 Å². The molecule has 0 fully saturated rings. The number of hydrogen-bond donors (Lipinski definition) is 1. The van der Waals surface area contributed by atoms with Crippen LogP contribution in [0.2, 0.25) is 0 Å². The van der Waals surface area contributed by atoms with Crippen LogP contribution in [0.3, 0.4) is 0 Å². The van der Waals surface area contributed by atoms with Gasteiger partial charge in [-0.05, 0) is 41.7 Å². The average molecular weight is 376 g/mol. The summed E-state index contributed by atoms with van der Waals surface area (Å²) in [6.07, 6.45) is 0.968. The van der Waals surface area contributed by atoms with Crippen molar-refractivity contribution in [3.63, 3.8) is 0 Å². The first-order chi connectivity index (χ1) is 12.4. The summed E-state index contributed by atoms with van der Waals surface area (Å²) in [6.45, 7) is 6.23. The summed E-state index contributed by atoms with van der Waals surface area (Å²) in [5.74, 6) is -0.267. The molecule has 1 atom stereocenters. The molecule has 2 aromatic carbocycles. The van der Waals surface area contributed by atoms with Crippen molar-refractivity contribution in [1.29, 1.82) is 0 Å². The highest BCUT2D eigenvalue weighted by atomic mass is 32.2. The van der Waals surface area contributed by atoms with Crippen molar-refractivity contribution in [2.45, 2.75) is 37.8 Å². The zero-order valence-corrected chi connectivity index (χ0v) is 16.0. The summed E-state index contributed by atoms with van der Waals surface area (Å²) in [6, 6.07) is 13.6. The second-order valence-electron chi connectivity index (χ2n) is 7.11. The Balaban J connectivity index is 1.72. The number of sulfonamides is 1. The molecule has 1 heterocycles. The largest absolute Gasteiger partial charge is 0.294 e. The van der Waals surface area contributed by atoms with Gasteiger partial charge in [0.1, 0.15) is 5.82 Å². The van der Waals surface area contributed by atoms with Crippen LogP contribution in [0.25, 0.3) is 0 Å². The Morgan fingerprint density at radius 1 is 1.12 bits per heavy atom. The van der Waals surface area contributed by atoms with E-state index in [1.54, 1.807) is 0 Å². The number of benzene rings is 2. The van der Waals surface area contributed by atoms with Gasteiger partial charge in [-0.3, -0.25) is 4.90 Å². The van der Waals surface area contributed by atoms with E-state index in [4.69, 9.17) is 0 Å². The van der Waals surface area contributed by atoms with Crippen molar-refractivity contribution in [3.05, 3.63) is 65.5 Å². The molecule has 3 rings (SSSR count). The summed E-state index contributed by atoms with van der Waals surface area (Å²) >= 11 is 0. The lowest BCUT2D eigenvalue weighted by Crippen LogP contribution is -2.48. The minimum absolute atomic E-state index is 0.0380.